The number of aromatic amines is 1. The number of carbonyl (C=O) groups is 3. The summed E-state index contributed by atoms with van der Waals surface area (Å²) in [6.07, 6.45) is 1.11. The molecule has 1 aromatic heterocycles. The summed E-state index contributed by atoms with van der Waals surface area (Å²) in [6, 6.07) is -0.917. The maximum Gasteiger partial charge on any atom is 0.354 e. The van der Waals surface area contributed by atoms with Gasteiger partial charge < -0.3 is 25.5 Å². The number of primary amides is 1. The van der Waals surface area contributed by atoms with E-state index >= 15 is 0 Å². The minimum atomic E-state index is -1.30. The van der Waals surface area contributed by atoms with Gasteiger partial charge in [0.2, 0.25) is 5.91 Å². The molecule has 4 N–H and O–H groups in total. The normalized spacial score (nSPS) is 19.2. The molecule has 0 saturated carbocycles. The third kappa shape index (κ3) is 2.40. The molecule has 9 heteroatoms. The zero-order valence-corrected chi connectivity index (χ0v) is 9.83. The van der Waals surface area contributed by atoms with Crippen LogP contribution >= 0.6 is 0 Å². The fourth-order valence-corrected chi connectivity index (χ4v) is 1.84. The Kier molecular flexibility index (Phi) is 3.47. The summed E-state index contributed by atoms with van der Waals surface area (Å²) >= 11 is 0. The molecule has 2 rings (SSSR count). The molecule has 0 spiro atoms. The average molecular weight is 268 g/mol. The van der Waals surface area contributed by atoms with Gasteiger partial charge in [0, 0.05) is 6.54 Å². The first-order valence-electron chi connectivity index (χ1n) is 5.47. The van der Waals surface area contributed by atoms with Crippen molar-refractivity contribution in [2.24, 2.45) is 5.73 Å². The van der Waals surface area contributed by atoms with Crippen LogP contribution in [0.3, 0.4) is 0 Å². The van der Waals surface area contributed by atoms with Crippen molar-refractivity contribution >= 4 is 17.8 Å². The lowest BCUT2D eigenvalue weighted by molar-refractivity contribution is -0.127. The van der Waals surface area contributed by atoms with Gasteiger partial charge in [0.15, 0.2) is 11.4 Å². The number of carboxylic acid groups (broad SMARTS) is 1. The third-order valence-electron chi connectivity index (χ3n) is 2.77. The Bertz CT molecular complexity index is 526. The third-order valence-corrected chi connectivity index (χ3v) is 2.77. The summed E-state index contributed by atoms with van der Waals surface area (Å²) in [7, 11) is 0. The Balaban J connectivity index is 2.29. The number of carbonyl (C=O) groups excluding carboxylic acids is 2. The smallest absolute Gasteiger partial charge is 0.354 e. The zero-order valence-electron chi connectivity index (χ0n) is 9.83. The van der Waals surface area contributed by atoms with Gasteiger partial charge in [-0.2, -0.15) is 0 Å². The molecule has 0 radical (unpaired) electrons. The number of aromatic nitrogens is 2. The largest absolute Gasteiger partial charge is 0.477 e. The van der Waals surface area contributed by atoms with Crippen LogP contribution in [-0.4, -0.2) is 63.6 Å². The van der Waals surface area contributed by atoms with E-state index in [1.54, 1.807) is 0 Å². The molecule has 1 fully saturated rings. The number of imidazole rings is 1. The van der Waals surface area contributed by atoms with Crippen molar-refractivity contribution in [2.75, 3.05) is 19.8 Å². The number of nitrogens with one attached hydrogen (secondary N) is 1. The first-order valence-corrected chi connectivity index (χ1v) is 5.47. The number of hydrogen-bond acceptors (Lipinski definition) is 5. The molecular formula is C10H12N4O5. The van der Waals surface area contributed by atoms with Gasteiger partial charge in [-0.3, -0.25) is 9.59 Å². The highest BCUT2D eigenvalue weighted by Gasteiger charge is 2.34. The van der Waals surface area contributed by atoms with Crippen molar-refractivity contribution in [1.29, 1.82) is 0 Å². The van der Waals surface area contributed by atoms with E-state index in [-0.39, 0.29) is 31.1 Å². The van der Waals surface area contributed by atoms with Crippen molar-refractivity contribution in [2.45, 2.75) is 6.04 Å². The highest BCUT2D eigenvalue weighted by atomic mass is 16.5. The van der Waals surface area contributed by atoms with Crippen LogP contribution in [0, 0.1) is 0 Å². The van der Waals surface area contributed by atoms with Gasteiger partial charge in [0.05, 0.1) is 19.5 Å². The summed E-state index contributed by atoms with van der Waals surface area (Å²) in [4.78, 5) is 41.6. The number of hydrogen-bond donors (Lipinski definition) is 3. The number of morpholine rings is 1. The lowest BCUT2D eigenvalue weighted by Crippen LogP contribution is -2.55. The monoisotopic (exact) mass is 268 g/mol. The molecule has 1 saturated heterocycles. The van der Waals surface area contributed by atoms with Gasteiger partial charge in [-0.25, -0.2) is 9.78 Å². The number of ether oxygens (including phenoxy) is 1. The maximum absolute atomic E-state index is 12.2. The summed E-state index contributed by atoms with van der Waals surface area (Å²) in [5.74, 6) is -2.67. The average Bonchev–Trinajstić information content (AvgIpc) is 2.87. The van der Waals surface area contributed by atoms with Gasteiger partial charge in [0.1, 0.15) is 6.04 Å². The van der Waals surface area contributed by atoms with Crippen LogP contribution in [-0.2, 0) is 9.53 Å². The number of H-pyrrole nitrogens is 1. The predicted octanol–water partition coefficient (Wildman–Crippen LogP) is -1.57. The zero-order chi connectivity index (χ0) is 14.0. The first-order chi connectivity index (χ1) is 9.02. The molecule has 9 nitrogen and oxygen atoms in total. The van der Waals surface area contributed by atoms with E-state index in [0.29, 0.717) is 0 Å². The van der Waals surface area contributed by atoms with E-state index < -0.39 is 23.8 Å². The van der Waals surface area contributed by atoms with Crippen LogP contribution in [0.1, 0.15) is 21.0 Å². The second-order valence-electron chi connectivity index (χ2n) is 3.92. The number of nitrogens with zero attached hydrogens (tertiary/aromatic N) is 2. The quantitative estimate of drug-likeness (QED) is 0.605. The molecule has 1 aliphatic heterocycles. The molecule has 0 aliphatic carbocycles. The standard InChI is InChI=1S/C10H12N4O5/c11-8(15)5-3-19-2-1-14(5)9(16)6-7(10(17)18)13-4-12-6/h4-5H,1-3H2,(H2,11,15)(H,12,13)(H,17,18). The molecule has 2 amide bonds. The van der Waals surface area contributed by atoms with Gasteiger partial charge in [-0.15, -0.1) is 0 Å². The van der Waals surface area contributed by atoms with Crippen LogP contribution < -0.4 is 5.73 Å². The second-order valence-corrected chi connectivity index (χ2v) is 3.92. The van der Waals surface area contributed by atoms with Crippen molar-refractivity contribution < 1.29 is 24.2 Å². The summed E-state index contributed by atoms with van der Waals surface area (Å²) in [5, 5.41) is 8.92. The minimum Gasteiger partial charge on any atom is -0.477 e. The van der Waals surface area contributed by atoms with E-state index in [2.05, 4.69) is 9.97 Å². The first kappa shape index (κ1) is 13.0. The molecule has 2 heterocycles. The Morgan fingerprint density at radius 3 is 2.89 bits per heavy atom. The minimum absolute atomic E-state index is 0.00605. The fourth-order valence-electron chi connectivity index (χ4n) is 1.84. The number of amides is 2. The Morgan fingerprint density at radius 2 is 2.26 bits per heavy atom. The lowest BCUT2D eigenvalue weighted by atomic mass is 10.2. The maximum atomic E-state index is 12.2. The van der Waals surface area contributed by atoms with Crippen LogP contribution in [0.4, 0.5) is 0 Å². The Labute approximate surface area is 107 Å². The van der Waals surface area contributed by atoms with Crippen LogP contribution in [0.5, 0.6) is 0 Å². The Hall–Kier alpha value is -2.42. The number of nitrogens with two attached hydrogens (primary N) is 1. The molecule has 19 heavy (non-hydrogen) atoms. The van der Waals surface area contributed by atoms with E-state index in [1.165, 1.54) is 4.90 Å². The van der Waals surface area contributed by atoms with Crippen molar-refractivity contribution in [1.82, 2.24) is 14.9 Å². The molecule has 1 atom stereocenters. The number of rotatable bonds is 3. The SMILES string of the molecule is NC(=O)C1COCCN1C(=O)c1nc[nH]c1C(=O)O. The molecule has 1 unspecified atom stereocenters. The fraction of sp³-hybridized carbons (Fsp3) is 0.400. The summed E-state index contributed by atoms with van der Waals surface area (Å²) < 4.78 is 5.08. The Morgan fingerprint density at radius 1 is 1.53 bits per heavy atom. The van der Waals surface area contributed by atoms with E-state index in [0.717, 1.165) is 6.33 Å². The van der Waals surface area contributed by atoms with E-state index in [4.69, 9.17) is 15.6 Å². The topological polar surface area (TPSA) is 139 Å². The van der Waals surface area contributed by atoms with E-state index in [1.807, 2.05) is 0 Å². The predicted molar refractivity (Wildman–Crippen MR) is 60.4 cm³/mol. The van der Waals surface area contributed by atoms with Crippen molar-refractivity contribution in [3.05, 3.63) is 17.7 Å². The van der Waals surface area contributed by atoms with Gasteiger partial charge >= 0.3 is 5.97 Å². The highest BCUT2D eigenvalue weighted by Crippen LogP contribution is 2.13. The van der Waals surface area contributed by atoms with Crippen molar-refractivity contribution in [3.63, 3.8) is 0 Å². The van der Waals surface area contributed by atoms with Gasteiger partial charge in [0.25, 0.3) is 5.91 Å². The highest BCUT2D eigenvalue weighted by molar-refractivity contribution is 6.03. The summed E-state index contributed by atoms with van der Waals surface area (Å²) in [6.45, 7) is 0.397. The number of aromatic carboxylic acids is 1. The van der Waals surface area contributed by atoms with Crippen LogP contribution in [0.25, 0.3) is 0 Å². The summed E-state index contributed by atoms with van der Waals surface area (Å²) in [5.41, 5.74) is 4.62. The second kappa shape index (κ2) is 5.06. The van der Waals surface area contributed by atoms with E-state index in [9.17, 15) is 14.4 Å². The molecular weight excluding hydrogens is 256 g/mol. The van der Waals surface area contributed by atoms with Gasteiger partial charge in [-0.05, 0) is 0 Å². The molecule has 102 valence electrons. The van der Waals surface area contributed by atoms with Crippen LogP contribution in [0.2, 0.25) is 0 Å². The lowest BCUT2D eigenvalue weighted by Gasteiger charge is -2.33. The van der Waals surface area contributed by atoms with Gasteiger partial charge in [-0.1, -0.05) is 0 Å². The number of carboxylic acids is 1. The van der Waals surface area contributed by atoms with Crippen LogP contribution in [0.15, 0.2) is 6.33 Å². The van der Waals surface area contributed by atoms with Crippen molar-refractivity contribution in [3.8, 4) is 0 Å². The molecule has 0 aromatic carbocycles. The molecule has 1 aromatic rings. The molecule has 1 aliphatic rings. The molecule has 0 bridgehead atoms.